The molecule has 0 spiro atoms. The number of hydrogen-bond donors (Lipinski definition) is 1. The normalized spacial score (nSPS) is 9.47. The summed E-state index contributed by atoms with van der Waals surface area (Å²) in [6.07, 6.45) is -0.534. The maximum absolute atomic E-state index is 11.4. The van der Waals surface area contributed by atoms with Crippen LogP contribution >= 0.6 is 11.8 Å². The van der Waals surface area contributed by atoms with Gasteiger partial charge in [-0.2, -0.15) is 5.26 Å². The van der Waals surface area contributed by atoms with Crippen LogP contribution in [0.15, 0.2) is 23.1 Å². The Kier molecular flexibility index (Phi) is 5.37. The van der Waals surface area contributed by atoms with E-state index < -0.39 is 6.09 Å². The van der Waals surface area contributed by atoms with Gasteiger partial charge in [0.2, 0.25) is 0 Å². The Balaban J connectivity index is 3.01. The lowest BCUT2D eigenvalue weighted by atomic mass is 10.2. The summed E-state index contributed by atoms with van der Waals surface area (Å²) in [6, 6.07) is 7.40. The van der Waals surface area contributed by atoms with Crippen LogP contribution in [0.3, 0.4) is 0 Å². The van der Waals surface area contributed by atoms with E-state index in [9.17, 15) is 4.79 Å². The van der Waals surface area contributed by atoms with Crippen molar-refractivity contribution in [1.29, 1.82) is 5.26 Å². The van der Waals surface area contributed by atoms with Crippen molar-refractivity contribution < 1.29 is 9.53 Å². The molecule has 0 aliphatic carbocycles. The number of nitriles is 1. The molecule has 1 aromatic carbocycles. The van der Waals surface area contributed by atoms with E-state index in [0.29, 0.717) is 17.9 Å². The zero-order valence-electron chi connectivity index (χ0n) is 9.82. The second-order valence-electron chi connectivity index (χ2n) is 3.07. The first kappa shape index (κ1) is 13.4. The molecule has 1 rings (SSSR count). The van der Waals surface area contributed by atoms with Crippen LogP contribution in [0.5, 0.6) is 0 Å². The highest BCUT2D eigenvalue weighted by Gasteiger charge is 2.11. The molecule has 90 valence electrons. The minimum Gasteiger partial charge on any atom is -0.450 e. The van der Waals surface area contributed by atoms with E-state index in [0.717, 1.165) is 10.6 Å². The highest BCUT2D eigenvalue weighted by Crippen LogP contribution is 2.30. The molecule has 0 aliphatic rings. The zero-order valence-corrected chi connectivity index (χ0v) is 10.6. The van der Waals surface area contributed by atoms with Gasteiger partial charge in [0.25, 0.3) is 0 Å². The van der Waals surface area contributed by atoms with E-state index >= 15 is 0 Å². The predicted octanol–water partition coefficient (Wildman–Crippen LogP) is 3.24. The number of nitrogens with zero attached hydrogens (tertiary/aromatic N) is 1. The number of thioether (sulfide) groups is 1. The Hall–Kier alpha value is -1.67. The van der Waals surface area contributed by atoms with Gasteiger partial charge in [0.15, 0.2) is 0 Å². The largest absolute Gasteiger partial charge is 0.450 e. The molecule has 1 N–H and O–H groups in total. The molecule has 0 unspecified atom stereocenters. The van der Waals surface area contributed by atoms with Gasteiger partial charge < -0.3 is 4.74 Å². The summed E-state index contributed by atoms with van der Waals surface area (Å²) in [5.74, 6) is 0.867. The summed E-state index contributed by atoms with van der Waals surface area (Å²) in [6.45, 7) is 4.05. The van der Waals surface area contributed by atoms with Crippen LogP contribution in [0.25, 0.3) is 0 Å². The number of anilines is 1. The Morgan fingerprint density at radius 3 is 2.88 bits per heavy atom. The van der Waals surface area contributed by atoms with Crippen molar-refractivity contribution in [3.63, 3.8) is 0 Å². The lowest BCUT2D eigenvalue weighted by Gasteiger charge is -2.11. The van der Waals surface area contributed by atoms with E-state index in [2.05, 4.69) is 11.4 Å². The standard InChI is InChI=1S/C12H14N2O2S/c1-3-16-12(15)14-11-9(8-13)6-5-7-10(11)17-4-2/h5-7H,3-4H2,1-2H3,(H,14,15). The minimum atomic E-state index is -0.534. The van der Waals surface area contributed by atoms with Gasteiger partial charge in [-0.1, -0.05) is 13.0 Å². The van der Waals surface area contributed by atoms with Gasteiger partial charge in [0.05, 0.1) is 17.9 Å². The Labute approximate surface area is 105 Å². The molecule has 0 saturated heterocycles. The molecule has 1 aromatic rings. The third kappa shape index (κ3) is 3.68. The first-order chi connectivity index (χ1) is 8.22. The fourth-order valence-electron chi connectivity index (χ4n) is 1.30. The number of amides is 1. The Bertz CT molecular complexity index is 441. The maximum atomic E-state index is 11.4. The lowest BCUT2D eigenvalue weighted by molar-refractivity contribution is 0.168. The first-order valence-corrected chi connectivity index (χ1v) is 6.31. The minimum absolute atomic E-state index is 0.302. The monoisotopic (exact) mass is 250 g/mol. The van der Waals surface area contributed by atoms with E-state index in [4.69, 9.17) is 10.00 Å². The molecular weight excluding hydrogens is 236 g/mol. The third-order valence-corrected chi connectivity index (χ3v) is 2.89. The summed E-state index contributed by atoms with van der Waals surface area (Å²) >= 11 is 1.57. The number of benzene rings is 1. The second-order valence-corrected chi connectivity index (χ2v) is 4.37. The van der Waals surface area contributed by atoms with Crippen LogP contribution in [0, 0.1) is 11.3 Å². The Morgan fingerprint density at radius 2 is 2.29 bits per heavy atom. The van der Waals surface area contributed by atoms with Crippen LogP contribution in [0.1, 0.15) is 19.4 Å². The van der Waals surface area contributed by atoms with E-state index in [1.54, 1.807) is 30.8 Å². The van der Waals surface area contributed by atoms with Crippen molar-refractivity contribution in [1.82, 2.24) is 0 Å². The fraction of sp³-hybridized carbons (Fsp3) is 0.333. The highest BCUT2D eigenvalue weighted by molar-refractivity contribution is 7.99. The molecule has 0 saturated carbocycles. The maximum Gasteiger partial charge on any atom is 0.411 e. The van der Waals surface area contributed by atoms with Gasteiger partial charge in [0.1, 0.15) is 6.07 Å². The second kappa shape index (κ2) is 6.81. The molecule has 0 heterocycles. The zero-order chi connectivity index (χ0) is 12.7. The van der Waals surface area contributed by atoms with E-state index in [-0.39, 0.29) is 0 Å². The number of carbonyl (C=O) groups excluding carboxylic acids is 1. The van der Waals surface area contributed by atoms with E-state index in [1.165, 1.54) is 0 Å². The van der Waals surface area contributed by atoms with Crippen molar-refractivity contribution >= 4 is 23.5 Å². The first-order valence-electron chi connectivity index (χ1n) is 5.32. The van der Waals surface area contributed by atoms with Crippen LogP contribution in [0.2, 0.25) is 0 Å². The number of hydrogen-bond acceptors (Lipinski definition) is 4. The SMILES string of the molecule is CCOC(=O)Nc1c(C#N)cccc1SCC. The van der Waals surface area contributed by atoms with Crippen molar-refractivity contribution in [3.8, 4) is 6.07 Å². The topological polar surface area (TPSA) is 62.1 Å². The smallest absolute Gasteiger partial charge is 0.411 e. The molecule has 0 aromatic heterocycles. The van der Waals surface area contributed by atoms with Crippen LogP contribution in [-0.4, -0.2) is 18.5 Å². The highest BCUT2D eigenvalue weighted by atomic mass is 32.2. The quantitative estimate of drug-likeness (QED) is 0.833. The van der Waals surface area contributed by atoms with Gasteiger partial charge in [-0.15, -0.1) is 11.8 Å². The van der Waals surface area contributed by atoms with Gasteiger partial charge in [-0.3, -0.25) is 5.32 Å². The average molecular weight is 250 g/mol. The van der Waals surface area contributed by atoms with E-state index in [1.807, 2.05) is 13.0 Å². The fourth-order valence-corrected chi connectivity index (χ4v) is 2.09. The number of carbonyl (C=O) groups is 1. The van der Waals surface area contributed by atoms with Gasteiger partial charge in [-0.25, -0.2) is 4.79 Å². The molecule has 0 radical (unpaired) electrons. The summed E-state index contributed by atoms with van der Waals surface area (Å²) in [4.78, 5) is 12.3. The summed E-state index contributed by atoms with van der Waals surface area (Å²) in [5, 5.41) is 11.6. The molecule has 0 aliphatic heterocycles. The number of ether oxygens (including phenoxy) is 1. The molecule has 17 heavy (non-hydrogen) atoms. The van der Waals surface area contributed by atoms with Crippen LogP contribution in [-0.2, 0) is 4.74 Å². The summed E-state index contributed by atoms with van der Waals surface area (Å²) < 4.78 is 4.81. The molecule has 5 heteroatoms. The van der Waals surface area contributed by atoms with Crippen LogP contribution < -0.4 is 5.32 Å². The number of para-hydroxylation sites is 1. The summed E-state index contributed by atoms with van der Waals surface area (Å²) in [5.41, 5.74) is 0.969. The molecule has 1 amide bonds. The molecule has 0 bridgehead atoms. The number of rotatable bonds is 4. The van der Waals surface area contributed by atoms with Crippen molar-refractivity contribution in [2.45, 2.75) is 18.7 Å². The average Bonchev–Trinajstić information content (AvgIpc) is 2.32. The molecule has 0 atom stereocenters. The predicted molar refractivity (Wildman–Crippen MR) is 68.2 cm³/mol. The van der Waals surface area contributed by atoms with Crippen molar-refractivity contribution in [2.24, 2.45) is 0 Å². The number of nitrogens with one attached hydrogen (secondary N) is 1. The van der Waals surface area contributed by atoms with Gasteiger partial charge in [0, 0.05) is 4.90 Å². The molecule has 0 fully saturated rings. The molecule has 4 nitrogen and oxygen atoms in total. The lowest BCUT2D eigenvalue weighted by Crippen LogP contribution is -2.14. The van der Waals surface area contributed by atoms with Crippen LogP contribution in [0.4, 0.5) is 10.5 Å². The van der Waals surface area contributed by atoms with Crippen molar-refractivity contribution in [3.05, 3.63) is 23.8 Å². The summed E-state index contributed by atoms with van der Waals surface area (Å²) in [7, 11) is 0. The van der Waals surface area contributed by atoms with Gasteiger partial charge >= 0.3 is 6.09 Å². The Morgan fingerprint density at radius 1 is 1.53 bits per heavy atom. The van der Waals surface area contributed by atoms with Gasteiger partial charge in [-0.05, 0) is 24.8 Å². The van der Waals surface area contributed by atoms with Crippen molar-refractivity contribution in [2.75, 3.05) is 17.7 Å². The third-order valence-electron chi connectivity index (χ3n) is 1.95. The molecular formula is C12H14N2O2S.